The molecule has 1 aromatic heterocycles. The van der Waals surface area contributed by atoms with Gasteiger partial charge in [-0.1, -0.05) is 6.92 Å². The lowest BCUT2D eigenvalue weighted by molar-refractivity contribution is 0.580. The number of nitrogens with one attached hydrogen (secondary N) is 1. The molecule has 0 saturated carbocycles. The number of aryl methyl sites for hydroxylation is 1. The smallest absolute Gasteiger partial charge is 0.243 e. The van der Waals surface area contributed by atoms with Crippen molar-refractivity contribution in [1.82, 2.24) is 9.71 Å². The van der Waals surface area contributed by atoms with Gasteiger partial charge in [0.1, 0.15) is 15.7 Å². The van der Waals surface area contributed by atoms with E-state index in [2.05, 4.69) is 9.71 Å². The van der Waals surface area contributed by atoms with E-state index in [4.69, 9.17) is 5.73 Å². The number of anilines is 1. The number of nitrogens with zero attached hydrogens (tertiary/aromatic N) is 1. The number of hydrogen-bond donors (Lipinski definition) is 2. The Labute approximate surface area is 120 Å². The van der Waals surface area contributed by atoms with Crippen LogP contribution in [0.2, 0.25) is 0 Å². The summed E-state index contributed by atoms with van der Waals surface area (Å²) in [5.74, 6) is -0.575. The molecule has 3 N–H and O–H groups in total. The summed E-state index contributed by atoms with van der Waals surface area (Å²) in [6.45, 7) is 2.09. The molecule has 2 aromatic rings. The molecule has 1 aromatic carbocycles. The van der Waals surface area contributed by atoms with E-state index in [1.165, 1.54) is 11.3 Å². The van der Waals surface area contributed by atoms with Crippen LogP contribution in [0.5, 0.6) is 0 Å². The number of thiazole rings is 1. The second-order valence-corrected chi connectivity index (χ2v) is 7.02. The van der Waals surface area contributed by atoms with Crippen LogP contribution in [-0.2, 0) is 23.0 Å². The van der Waals surface area contributed by atoms with Crippen LogP contribution >= 0.6 is 11.3 Å². The normalized spacial score (nSPS) is 11.7. The molecule has 0 aliphatic heterocycles. The average Bonchev–Trinajstić information content (AvgIpc) is 2.84. The Kier molecular flexibility index (Phi) is 4.36. The first kappa shape index (κ1) is 14.9. The Morgan fingerprint density at radius 3 is 2.80 bits per heavy atom. The van der Waals surface area contributed by atoms with Crippen LogP contribution in [0.3, 0.4) is 0 Å². The van der Waals surface area contributed by atoms with Crippen molar-refractivity contribution in [3.05, 3.63) is 40.1 Å². The highest BCUT2D eigenvalue weighted by Gasteiger charge is 2.18. The third kappa shape index (κ3) is 3.33. The quantitative estimate of drug-likeness (QED) is 0.825. The summed E-state index contributed by atoms with van der Waals surface area (Å²) in [6.07, 6.45) is 2.58. The second kappa shape index (κ2) is 5.86. The van der Waals surface area contributed by atoms with E-state index < -0.39 is 15.8 Å². The van der Waals surface area contributed by atoms with Gasteiger partial charge in [-0.15, -0.1) is 11.3 Å². The Morgan fingerprint density at radius 2 is 2.20 bits per heavy atom. The number of nitrogens with two attached hydrogens (primary N) is 1. The molecule has 2 rings (SSSR count). The van der Waals surface area contributed by atoms with E-state index in [0.717, 1.165) is 29.5 Å². The van der Waals surface area contributed by atoms with Gasteiger partial charge in [-0.05, 0) is 24.6 Å². The molecule has 0 spiro atoms. The van der Waals surface area contributed by atoms with E-state index in [9.17, 15) is 12.8 Å². The van der Waals surface area contributed by atoms with Crippen LogP contribution in [0.4, 0.5) is 10.1 Å². The van der Waals surface area contributed by atoms with Crippen molar-refractivity contribution in [3.63, 3.8) is 0 Å². The molecule has 0 aliphatic carbocycles. The highest BCUT2D eigenvalue weighted by atomic mass is 32.2. The summed E-state index contributed by atoms with van der Waals surface area (Å²) < 4.78 is 39.5. The van der Waals surface area contributed by atoms with Crippen LogP contribution in [0.1, 0.15) is 16.8 Å². The summed E-state index contributed by atoms with van der Waals surface area (Å²) in [4.78, 5) is 5.07. The third-order valence-electron chi connectivity index (χ3n) is 2.62. The maximum absolute atomic E-state index is 12.9. The number of rotatable bonds is 5. The molecule has 20 heavy (non-hydrogen) atoms. The number of benzene rings is 1. The fourth-order valence-corrected chi connectivity index (χ4v) is 3.58. The van der Waals surface area contributed by atoms with Gasteiger partial charge < -0.3 is 5.73 Å². The van der Waals surface area contributed by atoms with Gasteiger partial charge in [0, 0.05) is 11.1 Å². The molecule has 0 unspecified atom stereocenters. The topological polar surface area (TPSA) is 85.1 Å². The van der Waals surface area contributed by atoms with Gasteiger partial charge in [0.25, 0.3) is 0 Å². The summed E-state index contributed by atoms with van der Waals surface area (Å²) in [5.41, 5.74) is 5.41. The van der Waals surface area contributed by atoms with Crippen molar-refractivity contribution in [2.24, 2.45) is 0 Å². The molecule has 108 valence electrons. The Bertz CT molecular complexity index is 713. The first-order valence-corrected chi connectivity index (χ1v) is 8.20. The fourth-order valence-electron chi connectivity index (χ4n) is 1.59. The fraction of sp³-hybridized carbons (Fsp3) is 0.250. The van der Waals surface area contributed by atoms with Crippen molar-refractivity contribution in [1.29, 1.82) is 0 Å². The highest BCUT2D eigenvalue weighted by Crippen LogP contribution is 2.20. The van der Waals surface area contributed by atoms with Gasteiger partial charge >= 0.3 is 0 Å². The average molecular weight is 315 g/mol. The number of sulfonamides is 1. The Balaban J connectivity index is 2.14. The molecule has 5 nitrogen and oxygen atoms in total. The first-order valence-electron chi connectivity index (χ1n) is 5.90. The van der Waals surface area contributed by atoms with Crippen LogP contribution in [-0.4, -0.2) is 13.4 Å². The van der Waals surface area contributed by atoms with E-state index >= 15 is 0 Å². The van der Waals surface area contributed by atoms with Gasteiger partial charge in [0.2, 0.25) is 10.0 Å². The van der Waals surface area contributed by atoms with Crippen molar-refractivity contribution >= 4 is 27.0 Å². The molecular formula is C12H14FN3O2S2. The summed E-state index contributed by atoms with van der Waals surface area (Å²) in [5, 5.41) is 0.672. The lowest BCUT2D eigenvalue weighted by atomic mass is 10.3. The second-order valence-electron chi connectivity index (χ2n) is 4.08. The van der Waals surface area contributed by atoms with Gasteiger partial charge in [0.05, 0.1) is 12.2 Å². The molecule has 0 bridgehead atoms. The molecule has 0 atom stereocenters. The van der Waals surface area contributed by atoms with E-state index in [-0.39, 0.29) is 17.1 Å². The Hall–Kier alpha value is -1.51. The monoisotopic (exact) mass is 315 g/mol. The van der Waals surface area contributed by atoms with E-state index in [1.54, 1.807) is 6.20 Å². The molecule has 0 radical (unpaired) electrons. The first-order chi connectivity index (χ1) is 9.42. The zero-order valence-corrected chi connectivity index (χ0v) is 12.4. The van der Waals surface area contributed by atoms with Gasteiger partial charge in [-0.25, -0.2) is 22.5 Å². The molecule has 0 fully saturated rings. The Morgan fingerprint density at radius 1 is 1.45 bits per heavy atom. The van der Waals surface area contributed by atoms with Gasteiger partial charge in [-0.2, -0.15) is 0 Å². The molecule has 0 aliphatic rings. The zero-order chi connectivity index (χ0) is 14.8. The number of halogens is 1. The minimum Gasteiger partial charge on any atom is -0.398 e. The molecule has 0 saturated heterocycles. The van der Waals surface area contributed by atoms with Crippen molar-refractivity contribution in [2.75, 3.05) is 5.73 Å². The molecular weight excluding hydrogens is 301 g/mol. The lowest BCUT2D eigenvalue weighted by Gasteiger charge is -2.07. The SMILES string of the molecule is CCc1cnc(CNS(=O)(=O)c2ccc(F)cc2N)s1. The lowest BCUT2D eigenvalue weighted by Crippen LogP contribution is -2.24. The minimum atomic E-state index is -3.78. The van der Waals surface area contributed by atoms with Gasteiger partial charge in [0.15, 0.2) is 0 Å². The van der Waals surface area contributed by atoms with Crippen LogP contribution in [0, 0.1) is 5.82 Å². The number of nitrogen functional groups attached to an aromatic ring is 1. The third-order valence-corrected chi connectivity index (χ3v) is 5.24. The van der Waals surface area contributed by atoms with Gasteiger partial charge in [-0.3, -0.25) is 0 Å². The summed E-state index contributed by atoms with van der Waals surface area (Å²) in [6, 6.07) is 3.18. The number of hydrogen-bond acceptors (Lipinski definition) is 5. The van der Waals surface area contributed by atoms with Crippen LogP contribution in [0.15, 0.2) is 29.3 Å². The number of aromatic nitrogens is 1. The molecule has 8 heteroatoms. The predicted molar refractivity (Wildman–Crippen MR) is 76.3 cm³/mol. The largest absolute Gasteiger partial charge is 0.398 e. The standard InChI is InChI=1S/C12H14FN3O2S2/c1-2-9-6-15-12(19-9)7-16-20(17,18)11-4-3-8(13)5-10(11)14/h3-6,16H,2,7,14H2,1H3. The maximum Gasteiger partial charge on any atom is 0.243 e. The molecule has 1 heterocycles. The van der Waals surface area contributed by atoms with Crippen LogP contribution in [0.25, 0.3) is 0 Å². The van der Waals surface area contributed by atoms with E-state index in [0.29, 0.717) is 5.01 Å². The minimum absolute atomic E-state index is 0.0871. The van der Waals surface area contributed by atoms with Crippen LogP contribution < -0.4 is 10.5 Å². The summed E-state index contributed by atoms with van der Waals surface area (Å²) >= 11 is 1.45. The highest BCUT2D eigenvalue weighted by molar-refractivity contribution is 7.89. The van der Waals surface area contributed by atoms with Crippen molar-refractivity contribution < 1.29 is 12.8 Å². The zero-order valence-electron chi connectivity index (χ0n) is 10.8. The van der Waals surface area contributed by atoms with Crippen molar-refractivity contribution in [2.45, 2.75) is 24.8 Å². The van der Waals surface area contributed by atoms with E-state index in [1.807, 2.05) is 6.92 Å². The van der Waals surface area contributed by atoms with Crippen molar-refractivity contribution in [3.8, 4) is 0 Å². The summed E-state index contributed by atoms with van der Waals surface area (Å²) in [7, 11) is -3.78. The predicted octanol–water partition coefficient (Wildman–Crippen LogP) is 1.91. The maximum atomic E-state index is 12.9. The molecule has 0 amide bonds.